The van der Waals surface area contributed by atoms with Crippen LogP contribution >= 0.6 is 0 Å². The van der Waals surface area contributed by atoms with Crippen molar-refractivity contribution in [3.8, 4) is 11.1 Å². The first kappa shape index (κ1) is 21.7. The number of hydrogen-bond acceptors (Lipinski definition) is 4. The predicted molar refractivity (Wildman–Crippen MR) is 120 cm³/mol. The number of anilines is 1. The van der Waals surface area contributed by atoms with E-state index in [1.165, 1.54) is 23.2 Å². The number of carbonyl (C=O) groups is 3. The van der Waals surface area contributed by atoms with Crippen LogP contribution in [0.1, 0.15) is 33.6 Å². The van der Waals surface area contributed by atoms with E-state index >= 15 is 0 Å². The van der Waals surface area contributed by atoms with E-state index < -0.39 is 17.7 Å². The van der Waals surface area contributed by atoms with E-state index in [9.17, 15) is 23.2 Å². The second-order valence-corrected chi connectivity index (χ2v) is 8.32. The molecular formula is C25H20F2N4O3. The van der Waals surface area contributed by atoms with Crippen LogP contribution in [0.2, 0.25) is 0 Å². The summed E-state index contributed by atoms with van der Waals surface area (Å²) in [7, 11) is 0. The molecule has 34 heavy (non-hydrogen) atoms. The smallest absolute Gasteiger partial charge is 0.256 e. The van der Waals surface area contributed by atoms with Crippen LogP contribution in [0.3, 0.4) is 0 Å². The third-order valence-electron chi connectivity index (χ3n) is 6.17. The highest BCUT2D eigenvalue weighted by atomic mass is 19.1. The van der Waals surface area contributed by atoms with E-state index in [-0.39, 0.29) is 47.9 Å². The molecule has 1 aromatic heterocycles. The standard InChI is InChI=1S/C25H20F2N4O3/c26-16-4-5-18(20(27)11-16)14-3-6-21-19(10-14)25(34)31-9-7-17(12-22(31)24(33)30-21)29-23(32)15-2-1-8-28-13-15/h1-6,8,10-11,13,17,22H,7,9,12H2,(H,29,32)(H,30,33)/t17-,22+/m1/s1. The van der Waals surface area contributed by atoms with Crippen LogP contribution < -0.4 is 10.6 Å². The molecule has 2 aliphatic rings. The first-order chi connectivity index (χ1) is 16.4. The molecule has 1 saturated heterocycles. The Hall–Kier alpha value is -4.14. The summed E-state index contributed by atoms with van der Waals surface area (Å²) in [5.74, 6) is -2.44. The van der Waals surface area contributed by atoms with Crippen LogP contribution in [0.5, 0.6) is 0 Å². The Morgan fingerprint density at radius 3 is 2.71 bits per heavy atom. The van der Waals surface area contributed by atoms with Gasteiger partial charge in [-0.25, -0.2) is 8.78 Å². The van der Waals surface area contributed by atoms with Crippen LogP contribution in [0, 0.1) is 11.6 Å². The molecule has 1 fully saturated rings. The molecule has 9 heteroatoms. The van der Waals surface area contributed by atoms with E-state index in [0.717, 1.165) is 12.1 Å². The lowest BCUT2D eigenvalue weighted by Gasteiger charge is -2.37. The van der Waals surface area contributed by atoms with Gasteiger partial charge in [0, 0.05) is 36.6 Å². The van der Waals surface area contributed by atoms with Gasteiger partial charge in [0.15, 0.2) is 0 Å². The average Bonchev–Trinajstić information content (AvgIpc) is 2.94. The molecule has 0 bridgehead atoms. The number of benzene rings is 2. The molecular weight excluding hydrogens is 442 g/mol. The molecule has 0 saturated carbocycles. The molecule has 5 rings (SSSR count). The van der Waals surface area contributed by atoms with Gasteiger partial charge in [0.25, 0.3) is 11.8 Å². The van der Waals surface area contributed by atoms with Crippen molar-refractivity contribution in [3.63, 3.8) is 0 Å². The van der Waals surface area contributed by atoms with Crippen molar-refractivity contribution >= 4 is 23.4 Å². The number of carbonyl (C=O) groups excluding carboxylic acids is 3. The molecule has 0 radical (unpaired) electrons. The van der Waals surface area contributed by atoms with Gasteiger partial charge in [0.05, 0.1) is 16.8 Å². The van der Waals surface area contributed by atoms with Gasteiger partial charge in [-0.3, -0.25) is 19.4 Å². The number of nitrogens with zero attached hydrogens (tertiary/aromatic N) is 2. The topological polar surface area (TPSA) is 91.4 Å². The Balaban J connectivity index is 1.38. The number of fused-ring (bicyclic) bond motifs is 2. The summed E-state index contributed by atoms with van der Waals surface area (Å²) in [6.45, 7) is 0.267. The van der Waals surface area contributed by atoms with Crippen LogP contribution in [-0.2, 0) is 4.79 Å². The second kappa shape index (κ2) is 8.66. The molecule has 172 valence electrons. The minimum atomic E-state index is -0.765. The molecule has 3 heterocycles. The quantitative estimate of drug-likeness (QED) is 0.624. The molecule has 2 aliphatic heterocycles. The lowest BCUT2D eigenvalue weighted by molar-refractivity contribution is -0.121. The van der Waals surface area contributed by atoms with Gasteiger partial charge in [-0.2, -0.15) is 0 Å². The highest BCUT2D eigenvalue weighted by molar-refractivity contribution is 6.10. The molecule has 3 amide bonds. The summed E-state index contributed by atoms with van der Waals surface area (Å²) >= 11 is 0. The van der Waals surface area contributed by atoms with Crippen molar-refractivity contribution in [1.82, 2.24) is 15.2 Å². The fraction of sp³-hybridized carbons (Fsp3) is 0.200. The fourth-order valence-electron chi connectivity index (χ4n) is 4.45. The highest BCUT2D eigenvalue weighted by Gasteiger charge is 2.40. The summed E-state index contributed by atoms with van der Waals surface area (Å²) in [6.07, 6.45) is 3.77. The summed E-state index contributed by atoms with van der Waals surface area (Å²) in [4.78, 5) is 44.3. The first-order valence-corrected chi connectivity index (χ1v) is 10.8. The molecule has 7 nitrogen and oxygen atoms in total. The Labute approximate surface area is 193 Å². The predicted octanol–water partition coefficient (Wildman–Crippen LogP) is 3.38. The van der Waals surface area contributed by atoms with Gasteiger partial charge in [-0.1, -0.05) is 6.07 Å². The highest BCUT2D eigenvalue weighted by Crippen LogP contribution is 2.32. The van der Waals surface area contributed by atoms with Gasteiger partial charge in [-0.15, -0.1) is 0 Å². The van der Waals surface area contributed by atoms with E-state index in [4.69, 9.17) is 0 Å². The van der Waals surface area contributed by atoms with Crippen molar-refractivity contribution < 1.29 is 23.2 Å². The number of rotatable bonds is 3. The summed E-state index contributed by atoms with van der Waals surface area (Å²) < 4.78 is 27.6. The number of pyridine rings is 1. The van der Waals surface area contributed by atoms with Crippen molar-refractivity contribution in [2.24, 2.45) is 0 Å². The number of halogens is 2. The maximum atomic E-state index is 14.3. The Morgan fingerprint density at radius 1 is 1.09 bits per heavy atom. The van der Waals surface area contributed by atoms with Gasteiger partial charge in [0.1, 0.15) is 17.7 Å². The largest absolute Gasteiger partial charge is 0.349 e. The van der Waals surface area contributed by atoms with Crippen LogP contribution in [0.15, 0.2) is 60.9 Å². The Bertz CT molecular complexity index is 1300. The van der Waals surface area contributed by atoms with Crippen molar-refractivity contribution in [2.75, 3.05) is 11.9 Å². The third-order valence-corrected chi connectivity index (χ3v) is 6.17. The van der Waals surface area contributed by atoms with E-state index in [1.807, 2.05) is 0 Å². The SMILES string of the molecule is O=C(N[C@@H]1CCN2C(=O)c3cc(-c4ccc(F)cc4F)ccc3NC(=O)[C@@H]2C1)c1cccnc1. The van der Waals surface area contributed by atoms with Crippen molar-refractivity contribution in [3.05, 3.63) is 83.7 Å². The monoisotopic (exact) mass is 462 g/mol. The number of piperidine rings is 1. The molecule has 0 spiro atoms. The molecule has 0 aliphatic carbocycles. The van der Waals surface area contributed by atoms with Crippen molar-refractivity contribution in [1.29, 1.82) is 0 Å². The summed E-state index contributed by atoms with van der Waals surface area (Å²) in [5.41, 5.74) is 1.53. The number of amides is 3. The minimum Gasteiger partial charge on any atom is -0.349 e. The molecule has 2 N–H and O–H groups in total. The van der Waals surface area contributed by atoms with E-state index in [2.05, 4.69) is 15.6 Å². The second-order valence-electron chi connectivity index (χ2n) is 8.32. The normalized spacial score (nSPS) is 19.5. The number of aromatic nitrogens is 1. The minimum absolute atomic E-state index is 0.154. The van der Waals surface area contributed by atoms with Crippen LogP contribution in [0.25, 0.3) is 11.1 Å². The zero-order valence-electron chi connectivity index (χ0n) is 17.9. The number of nitrogens with one attached hydrogen (secondary N) is 2. The zero-order valence-corrected chi connectivity index (χ0v) is 17.9. The molecule has 2 aromatic carbocycles. The third kappa shape index (κ3) is 4.00. The summed E-state index contributed by atoms with van der Waals surface area (Å²) in [5, 5.41) is 5.70. The van der Waals surface area contributed by atoms with Crippen LogP contribution in [-0.4, -0.2) is 46.2 Å². The van der Waals surface area contributed by atoms with Crippen molar-refractivity contribution in [2.45, 2.75) is 24.9 Å². The Morgan fingerprint density at radius 2 is 1.94 bits per heavy atom. The van der Waals surface area contributed by atoms with Gasteiger partial charge in [0.2, 0.25) is 5.91 Å². The number of hydrogen-bond donors (Lipinski definition) is 2. The Kier molecular flexibility index (Phi) is 5.53. The van der Waals surface area contributed by atoms with Gasteiger partial charge in [-0.05, 0) is 54.8 Å². The maximum Gasteiger partial charge on any atom is 0.256 e. The lowest BCUT2D eigenvalue weighted by atomic mass is 9.95. The molecule has 2 atom stereocenters. The summed E-state index contributed by atoms with van der Waals surface area (Å²) in [6, 6.07) is 10.1. The first-order valence-electron chi connectivity index (χ1n) is 10.8. The van der Waals surface area contributed by atoms with E-state index in [0.29, 0.717) is 23.2 Å². The molecule has 3 aromatic rings. The van der Waals surface area contributed by atoms with E-state index in [1.54, 1.807) is 30.5 Å². The zero-order chi connectivity index (χ0) is 23.8. The van der Waals surface area contributed by atoms with Gasteiger partial charge >= 0.3 is 0 Å². The lowest BCUT2D eigenvalue weighted by Crippen LogP contribution is -2.55. The maximum absolute atomic E-state index is 14.3. The average molecular weight is 462 g/mol. The van der Waals surface area contributed by atoms with Gasteiger partial charge < -0.3 is 15.5 Å². The van der Waals surface area contributed by atoms with Crippen LogP contribution in [0.4, 0.5) is 14.5 Å². The molecule has 0 unspecified atom stereocenters. The fourth-order valence-corrected chi connectivity index (χ4v) is 4.45.